The van der Waals surface area contributed by atoms with Crippen LogP contribution in [-0.4, -0.2) is 23.1 Å². The minimum Gasteiger partial charge on any atom is -0.481 e. The van der Waals surface area contributed by atoms with Crippen molar-refractivity contribution in [2.45, 2.75) is 65.2 Å². The van der Waals surface area contributed by atoms with Crippen LogP contribution in [0.15, 0.2) is 11.6 Å². The van der Waals surface area contributed by atoms with Crippen molar-refractivity contribution in [1.29, 1.82) is 0 Å². The molecule has 0 aromatic rings. The highest BCUT2D eigenvalue weighted by Crippen LogP contribution is 2.70. The second-order valence-electron chi connectivity index (χ2n) is 9.58. The lowest BCUT2D eigenvalue weighted by molar-refractivity contribution is -0.180. The van der Waals surface area contributed by atoms with Gasteiger partial charge in [0.15, 0.2) is 0 Å². The zero-order valence-electron chi connectivity index (χ0n) is 15.4. The summed E-state index contributed by atoms with van der Waals surface area (Å²) in [6.45, 7) is 4.51. The molecular formula is C21H32O2S. The third-order valence-electron chi connectivity index (χ3n) is 8.64. The molecule has 0 unspecified atom stereocenters. The molecule has 5 aliphatic carbocycles. The van der Waals surface area contributed by atoms with Gasteiger partial charge in [-0.3, -0.25) is 4.79 Å². The van der Waals surface area contributed by atoms with E-state index in [0.29, 0.717) is 17.3 Å². The van der Waals surface area contributed by atoms with Crippen LogP contribution in [0.2, 0.25) is 0 Å². The van der Waals surface area contributed by atoms with E-state index in [2.05, 4.69) is 19.3 Å². The summed E-state index contributed by atoms with van der Waals surface area (Å²) in [7, 11) is 0. The van der Waals surface area contributed by atoms with E-state index in [1.54, 1.807) is 5.57 Å². The van der Waals surface area contributed by atoms with Gasteiger partial charge in [0.1, 0.15) is 0 Å². The van der Waals surface area contributed by atoms with Gasteiger partial charge >= 0.3 is 5.97 Å². The fourth-order valence-electron chi connectivity index (χ4n) is 7.52. The van der Waals surface area contributed by atoms with Crippen LogP contribution in [0.3, 0.4) is 0 Å². The first-order chi connectivity index (χ1) is 11.4. The van der Waals surface area contributed by atoms with E-state index in [1.807, 2.05) is 18.7 Å². The molecule has 1 N–H and O–H groups in total. The van der Waals surface area contributed by atoms with E-state index in [0.717, 1.165) is 25.2 Å². The molecule has 0 aromatic carbocycles. The Hall–Kier alpha value is -0.440. The molecule has 134 valence electrons. The Labute approximate surface area is 150 Å². The van der Waals surface area contributed by atoms with E-state index in [-0.39, 0.29) is 5.41 Å². The first-order valence-electron chi connectivity index (χ1n) is 9.80. The number of hydrogen-bond donors (Lipinski definition) is 1. The lowest BCUT2D eigenvalue weighted by Crippen LogP contribution is -2.60. The van der Waals surface area contributed by atoms with E-state index in [1.165, 1.54) is 37.9 Å². The molecule has 2 nitrogen and oxygen atoms in total. The molecule has 3 saturated carbocycles. The highest BCUT2D eigenvalue weighted by Gasteiger charge is 2.64. The van der Waals surface area contributed by atoms with Crippen molar-refractivity contribution >= 4 is 17.7 Å². The molecule has 3 heteroatoms. The van der Waals surface area contributed by atoms with E-state index in [4.69, 9.17) is 0 Å². The fourth-order valence-corrected chi connectivity index (χ4v) is 8.17. The van der Waals surface area contributed by atoms with Crippen molar-refractivity contribution in [2.24, 2.45) is 34.0 Å². The molecule has 5 aliphatic rings. The predicted octanol–water partition coefficient (Wildman–Crippen LogP) is 5.38. The zero-order valence-corrected chi connectivity index (χ0v) is 16.3. The van der Waals surface area contributed by atoms with Gasteiger partial charge in [-0.2, -0.15) is 11.8 Å². The summed E-state index contributed by atoms with van der Waals surface area (Å²) < 4.78 is 0. The number of fused-ring (bicyclic) bond motifs is 2. The summed E-state index contributed by atoms with van der Waals surface area (Å²) in [5.41, 5.74) is 1.83. The molecule has 0 radical (unpaired) electrons. The van der Waals surface area contributed by atoms with Crippen LogP contribution >= 0.6 is 11.8 Å². The SMILES string of the molecule is CSCC1=C[C@]23CC[C@H]1C[C@H]2[C@]1(C)CCC[C@@](C)(C(=O)O)[C@H]1CC3. The van der Waals surface area contributed by atoms with Gasteiger partial charge in [-0.15, -0.1) is 0 Å². The quantitative estimate of drug-likeness (QED) is 0.695. The van der Waals surface area contributed by atoms with Gasteiger partial charge in [0.25, 0.3) is 0 Å². The maximum Gasteiger partial charge on any atom is 0.309 e. The normalized spacial score (nSPS) is 50.0. The van der Waals surface area contributed by atoms with Crippen molar-refractivity contribution in [3.05, 3.63) is 11.6 Å². The summed E-state index contributed by atoms with van der Waals surface area (Å²) in [6.07, 6.45) is 14.5. The molecule has 6 atom stereocenters. The second-order valence-corrected chi connectivity index (χ2v) is 10.4. The van der Waals surface area contributed by atoms with Crippen molar-refractivity contribution in [2.75, 3.05) is 12.0 Å². The number of allylic oxidation sites excluding steroid dienone is 1. The van der Waals surface area contributed by atoms with Crippen LogP contribution in [-0.2, 0) is 4.79 Å². The first-order valence-corrected chi connectivity index (χ1v) is 11.2. The monoisotopic (exact) mass is 348 g/mol. The largest absolute Gasteiger partial charge is 0.481 e. The number of carboxylic acid groups (broad SMARTS) is 1. The summed E-state index contributed by atoms with van der Waals surface area (Å²) in [6, 6.07) is 0. The van der Waals surface area contributed by atoms with Crippen LogP contribution in [0.4, 0.5) is 0 Å². The van der Waals surface area contributed by atoms with E-state index < -0.39 is 11.4 Å². The lowest BCUT2D eigenvalue weighted by atomic mass is 9.38. The standard InChI is InChI=1S/C21H32O2S/c1-19-7-4-8-20(2,18(22)23)16(19)6-10-21-9-5-14(11-17(19)21)15(12-21)13-24-3/h12,14,16-17H,4-11,13H2,1-3H3,(H,22,23)/t14-,16-,17-,19+,20+,21+/m0/s1. The molecule has 0 heterocycles. The molecule has 0 aliphatic heterocycles. The summed E-state index contributed by atoms with van der Waals surface area (Å²) in [5.74, 6) is 2.51. The van der Waals surface area contributed by atoms with Crippen LogP contribution in [0.1, 0.15) is 65.2 Å². The Morgan fingerprint density at radius 1 is 1.21 bits per heavy atom. The van der Waals surface area contributed by atoms with Crippen LogP contribution in [0.25, 0.3) is 0 Å². The third-order valence-corrected chi connectivity index (χ3v) is 9.26. The van der Waals surface area contributed by atoms with Crippen LogP contribution < -0.4 is 0 Å². The van der Waals surface area contributed by atoms with E-state index in [9.17, 15) is 9.90 Å². The smallest absolute Gasteiger partial charge is 0.309 e. The molecular weight excluding hydrogens is 316 g/mol. The number of aliphatic carboxylic acids is 1. The number of carboxylic acids is 1. The second kappa shape index (κ2) is 5.53. The maximum absolute atomic E-state index is 12.1. The topological polar surface area (TPSA) is 37.3 Å². The number of rotatable bonds is 3. The van der Waals surface area contributed by atoms with Gasteiger partial charge in [0, 0.05) is 5.75 Å². The van der Waals surface area contributed by atoms with E-state index >= 15 is 0 Å². The van der Waals surface area contributed by atoms with Crippen LogP contribution in [0, 0.1) is 34.0 Å². The molecule has 0 saturated heterocycles. The Morgan fingerprint density at radius 2 is 1.96 bits per heavy atom. The fraction of sp³-hybridized carbons (Fsp3) is 0.857. The maximum atomic E-state index is 12.1. The molecule has 0 amide bonds. The molecule has 1 spiro atoms. The predicted molar refractivity (Wildman–Crippen MR) is 100 cm³/mol. The first kappa shape index (κ1) is 17.0. The highest BCUT2D eigenvalue weighted by molar-refractivity contribution is 7.98. The summed E-state index contributed by atoms with van der Waals surface area (Å²) in [5, 5.41) is 9.97. The number of hydrogen-bond acceptors (Lipinski definition) is 2. The molecule has 3 fully saturated rings. The molecule has 0 aromatic heterocycles. The number of thioether (sulfide) groups is 1. The van der Waals surface area contributed by atoms with Gasteiger partial charge in [-0.1, -0.05) is 25.0 Å². The number of carbonyl (C=O) groups is 1. The van der Waals surface area contributed by atoms with Gasteiger partial charge < -0.3 is 5.11 Å². The zero-order chi connectivity index (χ0) is 17.2. The van der Waals surface area contributed by atoms with Gasteiger partial charge in [-0.25, -0.2) is 0 Å². The Kier molecular flexibility index (Phi) is 3.91. The van der Waals surface area contributed by atoms with Crippen molar-refractivity contribution < 1.29 is 9.90 Å². The van der Waals surface area contributed by atoms with Gasteiger partial charge in [0.05, 0.1) is 5.41 Å². The minimum atomic E-state index is -0.547. The highest BCUT2D eigenvalue weighted by atomic mass is 32.2. The summed E-state index contributed by atoms with van der Waals surface area (Å²) >= 11 is 1.96. The average Bonchev–Trinajstić information content (AvgIpc) is 2.55. The summed E-state index contributed by atoms with van der Waals surface area (Å²) in [4.78, 5) is 12.1. The average molecular weight is 349 g/mol. The Morgan fingerprint density at radius 3 is 2.67 bits per heavy atom. The third kappa shape index (κ3) is 2.12. The lowest BCUT2D eigenvalue weighted by Gasteiger charge is -2.66. The van der Waals surface area contributed by atoms with Crippen molar-refractivity contribution in [3.8, 4) is 0 Å². The molecule has 24 heavy (non-hydrogen) atoms. The Bertz CT molecular complexity index is 584. The Balaban J connectivity index is 1.73. The van der Waals surface area contributed by atoms with Gasteiger partial charge in [0.2, 0.25) is 0 Å². The van der Waals surface area contributed by atoms with Gasteiger partial charge in [-0.05, 0) is 86.7 Å². The molecule has 2 bridgehead atoms. The van der Waals surface area contributed by atoms with Crippen molar-refractivity contribution in [1.82, 2.24) is 0 Å². The van der Waals surface area contributed by atoms with Crippen molar-refractivity contribution in [3.63, 3.8) is 0 Å². The minimum absolute atomic E-state index is 0.226. The van der Waals surface area contributed by atoms with Crippen LogP contribution in [0.5, 0.6) is 0 Å². The molecule has 5 rings (SSSR count).